The first kappa shape index (κ1) is 24.1. The lowest BCUT2D eigenvalue weighted by Crippen LogP contribution is -2.20. The number of carbonyl (C=O) groups excluding carboxylic acids is 3. The number of anilines is 3. The summed E-state index contributed by atoms with van der Waals surface area (Å²) in [6, 6.07) is 19.6. The molecule has 190 valence electrons. The third-order valence-corrected chi connectivity index (χ3v) is 5.55. The topological polar surface area (TPSA) is 164 Å². The SMILES string of the molecule is Cc1ccc(C(N)=O)cc1NC(=O)Nc1ccc(Oc2ccc3[nH]c(NC(=O)c4ccco4)nc3c2)cc1. The fourth-order valence-electron chi connectivity index (χ4n) is 3.62. The molecule has 0 radical (unpaired) electrons. The van der Waals surface area contributed by atoms with Crippen LogP contribution in [0.2, 0.25) is 0 Å². The summed E-state index contributed by atoms with van der Waals surface area (Å²) in [5.41, 5.74) is 8.74. The number of hydrogen-bond acceptors (Lipinski definition) is 6. The van der Waals surface area contributed by atoms with Crippen molar-refractivity contribution in [1.29, 1.82) is 0 Å². The van der Waals surface area contributed by atoms with E-state index in [1.807, 2.05) is 6.92 Å². The van der Waals surface area contributed by atoms with Gasteiger partial charge < -0.3 is 30.5 Å². The van der Waals surface area contributed by atoms with E-state index in [1.165, 1.54) is 12.3 Å². The number of hydrogen-bond donors (Lipinski definition) is 5. The number of aromatic amines is 1. The molecule has 4 amide bonds. The molecule has 11 heteroatoms. The van der Waals surface area contributed by atoms with Crippen LogP contribution < -0.4 is 26.4 Å². The van der Waals surface area contributed by atoms with Gasteiger partial charge in [0, 0.05) is 23.0 Å². The number of ether oxygens (including phenoxy) is 1. The standard InChI is InChI=1S/C27H22N6O5/c1-15-4-5-16(24(28)34)13-21(15)32-27(36)29-17-6-8-18(9-7-17)38-19-10-11-20-22(14-19)31-26(30-20)33-25(35)23-3-2-12-37-23/h2-14H,1H3,(H2,28,34)(H2,29,32,36)(H2,30,31,33,35). The molecule has 0 saturated carbocycles. The Morgan fingerprint density at radius 1 is 0.921 bits per heavy atom. The summed E-state index contributed by atoms with van der Waals surface area (Å²) >= 11 is 0. The van der Waals surface area contributed by atoms with Crippen molar-refractivity contribution in [2.45, 2.75) is 6.92 Å². The van der Waals surface area contributed by atoms with E-state index in [2.05, 4.69) is 25.9 Å². The van der Waals surface area contributed by atoms with Gasteiger partial charge in [0.15, 0.2) is 5.76 Å². The van der Waals surface area contributed by atoms with Crippen LogP contribution >= 0.6 is 0 Å². The molecule has 38 heavy (non-hydrogen) atoms. The molecule has 0 aliphatic rings. The number of benzene rings is 3. The number of amides is 4. The summed E-state index contributed by atoms with van der Waals surface area (Å²) in [6.45, 7) is 1.81. The van der Waals surface area contributed by atoms with E-state index in [4.69, 9.17) is 14.9 Å². The molecule has 0 spiro atoms. The lowest BCUT2D eigenvalue weighted by Gasteiger charge is -2.11. The average molecular weight is 511 g/mol. The summed E-state index contributed by atoms with van der Waals surface area (Å²) < 4.78 is 11.0. The lowest BCUT2D eigenvalue weighted by molar-refractivity contribution is 0.0990. The van der Waals surface area contributed by atoms with Gasteiger partial charge in [0.05, 0.1) is 17.3 Å². The van der Waals surface area contributed by atoms with E-state index < -0.39 is 17.8 Å². The maximum absolute atomic E-state index is 12.4. The molecule has 2 heterocycles. The van der Waals surface area contributed by atoms with E-state index >= 15 is 0 Å². The second-order valence-electron chi connectivity index (χ2n) is 8.30. The highest BCUT2D eigenvalue weighted by Gasteiger charge is 2.12. The molecular weight excluding hydrogens is 488 g/mol. The number of aromatic nitrogens is 2. The van der Waals surface area contributed by atoms with Crippen LogP contribution in [-0.4, -0.2) is 27.8 Å². The fourth-order valence-corrected chi connectivity index (χ4v) is 3.62. The van der Waals surface area contributed by atoms with Crippen molar-refractivity contribution >= 4 is 46.2 Å². The number of nitrogens with two attached hydrogens (primary N) is 1. The van der Waals surface area contributed by atoms with Gasteiger partial charge in [-0.2, -0.15) is 0 Å². The zero-order valence-corrected chi connectivity index (χ0v) is 20.1. The number of fused-ring (bicyclic) bond motifs is 1. The minimum Gasteiger partial charge on any atom is -0.459 e. The van der Waals surface area contributed by atoms with E-state index in [0.29, 0.717) is 39.5 Å². The van der Waals surface area contributed by atoms with Crippen LogP contribution in [0.1, 0.15) is 26.5 Å². The molecule has 0 atom stereocenters. The van der Waals surface area contributed by atoms with Crippen LogP contribution in [0.4, 0.5) is 22.1 Å². The van der Waals surface area contributed by atoms with Crippen molar-refractivity contribution in [2.75, 3.05) is 16.0 Å². The molecule has 0 aliphatic heterocycles. The number of nitrogens with one attached hydrogen (secondary N) is 4. The molecule has 0 bridgehead atoms. The van der Waals surface area contributed by atoms with Gasteiger partial charge in [0.1, 0.15) is 11.5 Å². The van der Waals surface area contributed by atoms with Crippen molar-refractivity contribution in [1.82, 2.24) is 9.97 Å². The van der Waals surface area contributed by atoms with Gasteiger partial charge in [-0.15, -0.1) is 0 Å². The van der Waals surface area contributed by atoms with Crippen molar-refractivity contribution in [2.24, 2.45) is 5.73 Å². The molecule has 0 fully saturated rings. The summed E-state index contributed by atoms with van der Waals surface area (Å²) in [5, 5.41) is 8.10. The third-order valence-electron chi connectivity index (χ3n) is 5.55. The Morgan fingerprint density at radius 2 is 1.71 bits per heavy atom. The van der Waals surface area contributed by atoms with Crippen molar-refractivity contribution in [3.05, 3.63) is 95.9 Å². The average Bonchev–Trinajstić information content (AvgIpc) is 3.56. The molecule has 6 N–H and O–H groups in total. The van der Waals surface area contributed by atoms with Crippen molar-refractivity contribution in [3.8, 4) is 11.5 Å². The molecule has 11 nitrogen and oxygen atoms in total. The fraction of sp³-hybridized carbons (Fsp3) is 0.0370. The highest BCUT2D eigenvalue weighted by atomic mass is 16.5. The van der Waals surface area contributed by atoms with Crippen molar-refractivity contribution in [3.63, 3.8) is 0 Å². The normalized spacial score (nSPS) is 10.7. The van der Waals surface area contributed by atoms with E-state index in [9.17, 15) is 14.4 Å². The molecule has 0 saturated heterocycles. The van der Waals surface area contributed by atoms with Crippen LogP contribution in [0.25, 0.3) is 11.0 Å². The quantitative estimate of drug-likeness (QED) is 0.201. The summed E-state index contributed by atoms with van der Waals surface area (Å²) in [6.07, 6.45) is 1.42. The number of H-pyrrole nitrogens is 1. The van der Waals surface area contributed by atoms with Gasteiger partial charge in [0.2, 0.25) is 11.9 Å². The minimum atomic E-state index is -0.576. The second-order valence-corrected chi connectivity index (χ2v) is 8.30. The largest absolute Gasteiger partial charge is 0.459 e. The highest BCUT2D eigenvalue weighted by molar-refractivity contribution is 6.02. The Labute approximate surface area is 216 Å². The third kappa shape index (κ3) is 5.46. The van der Waals surface area contributed by atoms with Crippen LogP contribution in [0, 0.1) is 6.92 Å². The number of nitrogens with zero attached hydrogens (tertiary/aromatic N) is 1. The number of imidazole rings is 1. The molecule has 0 unspecified atom stereocenters. The van der Waals surface area contributed by atoms with Gasteiger partial charge in [-0.3, -0.25) is 14.9 Å². The Kier molecular flexibility index (Phi) is 6.47. The van der Waals surface area contributed by atoms with E-state index in [-0.39, 0.29) is 11.7 Å². The zero-order chi connectivity index (χ0) is 26.6. The molecule has 5 rings (SSSR count). The monoisotopic (exact) mass is 510 g/mol. The lowest BCUT2D eigenvalue weighted by atomic mass is 10.1. The number of aryl methyl sites for hydroxylation is 1. The van der Waals surface area contributed by atoms with Gasteiger partial charge >= 0.3 is 6.03 Å². The predicted molar refractivity (Wildman–Crippen MR) is 142 cm³/mol. The van der Waals surface area contributed by atoms with Crippen LogP contribution in [0.3, 0.4) is 0 Å². The predicted octanol–water partition coefficient (Wildman–Crippen LogP) is 5.25. The molecule has 3 aromatic carbocycles. The Bertz CT molecular complexity index is 1640. The number of primary amides is 1. The number of urea groups is 1. The van der Waals surface area contributed by atoms with E-state index in [1.54, 1.807) is 66.7 Å². The van der Waals surface area contributed by atoms with Gasteiger partial charge in [-0.1, -0.05) is 6.07 Å². The number of furan rings is 1. The molecular formula is C27H22N6O5. The number of carbonyl (C=O) groups is 3. The van der Waals surface area contributed by atoms with Crippen LogP contribution in [0.5, 0.6) is 11.5 Å². The Hall–Kier alpha value is -5.58. The maximum atomic E-state index is 12.4. The summed E-state index contributed by atoms with van der Waals surface area (Å²) in [7, 11) is 0. The zero-order valence-electron chi connectivity index (χ0n) is 20.1. The minimum absolute atomic E-state index is 0.178. The Balaban J connectivity index is 1.21. The molecule has 0 aliphatic carbocycles. The highest BCUT2D eigenvalue weighted by Crippen LogP contribution is 2.27. The smallest absolute Gasteiger partial charge is 0.323 e. The maximum Gasteiger partial charge on any atom is 0.323 e. The first-order valence-electron chi connectivity index (χ1n) is 11.4. The first-order chi connectivity index (χ1) is 18.3. The summed E-state index contributed by atoms with van der Waals surface area (Å²) in [4.78, 5) is 43.4. The second kappa shape index (κ2) is 10.2. The van der Waals surface area contributed by atoms with Crippen LogP contribution in [0.15, 0.2) is 83.5 Å². The first-order valence-corrected chi connectivity index (χ1v) is 11.4. The summed E-state index contributed by atoms with van der Waals surface area (Å²) in [5.74, 6) is 0.550. The van der Waals surface area contributed by atoms with Crippen molar-refractivity contribution < 1.29 is 23.5 Å². The molecule has 2 aromatic heterocycles. The van der Waals surface area contributed by atoms with Gasteiger partial charge in [-0.25, -0.2) is 9.78 Å². The van der Waals surface area contributed by atoms with Gasteiger partial charge in [-0.05, 0) is 73.2 Å². The Morgan fingerprint density at radius 3 is 2.45 bits per heavy atom. The van der Waals surface area contributed by atoms with Crippen LogP contribution in [-0.2, 0) is 0 Å². The van der Waals surface area contributed by atoms with E-state index in [0.717, 1.165) is 5.56 Å². The number of rotatable bonds is 7. The van der Waals surface area contributed by atoms with Gasteiger partial charge in [0.25, 0.3) is 5.91 Å². The molecule has 5 aromatic rings.